The van der Waals surface area contributed by atoms with Crippen molar-refractivity contribution in [1.29, 1.82) is 5.26 Å². The maximum Gasteiger partial charge on any atom is 0.0992 e. The van der Waals surface area contributed by atoms with Crippen molar-refractivity contribution in [2.75, 3.05) is 23.8 Å². The average Bonchev–Trinajstić information content (AvgIpc) is 2.30. The van der Waals surface area contributed by atoms with Crippen LogP contribution in [0.25, 0.3) is 0 Å². The highest BCUT2D eigenvalue weighted by Gasteiger charge is 2.13. The van der Waals surface area contributed by atoms with Crippen molar-refractivity contribution in [3.63, 3.8) is 0 Å². The SMILES string of the molecule is CC(C)N(CCCO)c1ccc(C#N)cc1N. The molecule has 1 aromatic carbocycles. The number of aliphatic hydroxyl groups excluding tert-OH is 1. The second kappa shape index (κ2) is 6.12. The van der Waals surface area contributed by atoms with E-state index in [0.29, 0.717) is 23.7 Å². The number of anilines is 2. The summed E-state index contributed by atoms with van der Waals surface area (Å²) in [5, 5.41) is 17.7. The van der Waals surface area contributed by atoms with Gasteiger partial charge in [0, 0.05) is 19.2 Å². The Morgan fingerprint density at radius 1 is 1.47 bits per heavy atom. The van der Waals surface area contributed by atoms with Gasteiger partial charge in [-0.15, -0.1) is 0 Å². The first kappa shape index (κ1) is 13.3. The van der Waals surface area contributed by atoms with Gasteiger partial charge in [-0.3, -0.25) is 0 Å². The Kier molecular flexibility index (Phi) is 4.80. The number of benzene rings is 1. The molecule has 0 saturated carbocycles. The molecule has 3 N–H and O–H groups in total. The summed E-state index contributed by atoms with van der Waals surface area (Å²) in [6.45, 7) is 5.08. The zero-order valence-electron chi connectivity index (χ0n) is 10.3. The zero-order chi connectivity index (χ0) is 12.8. The molecule has 0 radical (unpaired) electrons. The van der Waals surface area contributed by atoms with Gasteiger partial charge in [-0.2, -0.15) is 5.26 Å². The van der Waals surface area contributed by atoms with Crippen LogP contribution >= 0.6 is 0 Å². The number of nitrogens with zero attached hydrogens (tertiary/aromatic N) is 2. The van der Waals surface area contributed by atoms with E-state index in [4.69, 9.17) is 16.1 Å². The van der Waals surface area contributed by atoms with Crippen LogP contribution in [-0.4, -0.2) is 24.3 Å². The minimum atomic E-state index is 0.166. The summed E-state index contributed by atoms with van der Waals surface area (Å²) < 4.78 is 0. The molecular weight excluding hydrogens is 214 g/mol. The van der Waals surface area contributed by atoms with Gasteiger partial charge in [0.1, 0.15) is 0 Å². The molecule has 1 rings (SSSR count). The fraction of sp³-hybridized carbons (Fsp3) is 0.462. The van der Waals surface area contributed by atoms with Crippen LogP contribution in [0.2, 0.25) is 0 Å². The van der Waals surface area contributed by atoms with E-state index in [1.54, 1.807) is 12.1 Å². The second-order valence-electron chi connectivity index (χ2n) is 4.25. The van der Waals surface area contributed by atoms with Gasteiger partial charge >= 0.3 is 0 Å². The summed E-state index contributed by atoms with van der Waals surface area (Å²) in [4.78, 5) is 2.13. The Labute approximate surface area is 102 Å². The third kappa shape index (κ3) is 3.36. The van der Waals surface area contributed by atoms with Gasteiger partial charge in [-0.25, -0.2) is 0 Å². The molecule has 0 spiro atoms. The van der Waals surface area contributed by atoms with Crippen molar-refractivity contribution in [1.82, 2.24) is 0 Å². The molecule has 0 heterocycles. The van der Waals surface area contributed by atoms with Crippen LogP contribution in [0.1, 0.15) is 25.8 Å². The minimum absolute atomic E-state index is 0.166. The van der Waals surface area contributed by atoms with E-state index in [9.17, 15) is 0 Å². The number of nitrogens with two attached hydrogens (primary N) is 1. The summed E-state index contributed by atoms with van der Waals surface area (Å²) in [5.74, 6) is 0. The van der Waals surface area contributed by atoms with Crippen LogP contribution in [-0.2, 0) is 0 Å². The Morgan fingerprint density at radius 3 is 2.65 bits per heavy atom. The lowest BCUT2D eigenvalue weighted by atomic mass is 10.1. The third-order valence-electron chi connectivity index (χ3n) is 2.65. The van der Waals surface area contributed by atoms with E-state index in [1.807, 2.05) is 6.07 Å². The van der Waals surface area contributed by atoms with Crippen molar-refractivity contribution in [2.45, 2.75) is 26.3 Å². The highest BCUT2D eigenvalue weighted by molar-refractivity contribution is 5.69. The molecule has 0 aliphatic rings. The summed E-state index contributed by atoms with van der Waals surface area (Å²) >= 11 is 0. The third-order valence-corrected chi connectivity index (χ3v) is 2.65. The first-order valence-electron chi connectivity index (χ1n) is 5.77. The number of hydrogen-bond donors (Lipinski definition) is 2. The van der Waals surface area contributed by atoms with E-state index in [2.05, 4.69) is 24.8 Å². The molecule has 0 fully saturated rings. The number of nitrogen functional groups attached to an aromatic ring is 1. The summed E-state index contributed by atoms with van der Waals surface area (Å²) in [5.41, 5.74) is 8.05. The van der Waals surface area contributed by atoms with Crippen molar-refractivity contribution < 1.29 is 5.11 Å². The Hall–Kier alpha value is -1.73. The molecule has 0 bridgehead atoms. The van der Waals surface area contributed by atoms with Crippen LogP contribution < -0.4 is 10.6 Å². The maximum absolute atomic E-state index is 8.89. The van der Waals surface area contributed by atoms with Gasteiger partial charge in [-0.05, 0) is 38.5 Å². The smallest absolute Gasteiger partial charge is 0.0992 e. The topological polar surface area (TPSA) is 73.3 Å². The van der Waals surface area contributed by atoms with Crippen LogP contribution in [0, 0.1) is 11.3 Å². The Balaban J connectivity index is 2.98. The summed E-state index contributed by atoms with van der Waals surface area (Å²) in [6.07, 6.45) is 0.706. The summed E-state index contributed by atoms with van der Waals surface area (Å²) in [6, 6.07) is 7.68. The van der Waals surface area contributed by atoms with Crippen molar-refractivity contribution in [3.8, 4) is 6.07 Å². The summed E-state index contributed by atoms with van der Waals surface area (Å²) in [7, 11) is 0. The first-order chi connectivity index (χ1) is 8.10. The monoisotopic (exact) mass is 233 g/mol. The predicted molar refractivity (Wildman–Crippen MR) is 69.8 cm³/mol. The lowest BCUT2D eigenvalue weighted by Gasteiger charge is -2.30. The highest BCUT2D eigenvalue weighted by atomic mass is 16.3. The molecule has 0 aromatic heterocycles. The lowest BCUT2D eigenvalue weighted by molar-refractivity contribution is 0.288. The van der Waals surface area contributed by atoms with Crippen molar-refractivity contribution in [2.24, 2.45) is 0 Å². The van der Waals surface area contributed by atoms with Crippen LogP contribution in [0.5, 0.6) is 0 Å². The molecule has 0 aliphatic heterocycles. The van der Waals surface area contributed by atoms with E-state index >= 15 is 0 Å². The number of hydrogen-bond acceptors (Lipinski definition) is 4. The van der Waals surface area contributed by atoms with Gasteiger partial charge in [0.15, 0.2) is 0 Å². The minimum Gasteiger partial charge on any atom is -0.397 e. The lowest BCUT2D eigenvalue weighted by Crippen LogP contribution is -2.32. The largest absolute Gasteiger partial charge is 0.397 e. The molecule has 4 nitrogen and oxygen atoms in total. The molecule has 92 valence electrons. The number of aliphatic hydroxyl groups is 1. The average molecular weight is 233 g/mol. The Bertz CT molecular complexity index is 410. The zero-order valence-corrected chi connectivity index (χ0v) is 10.3. The van der Waals surface area contributed by atoms with E-state index in [0.717, 1.165) is 12.2 Å². The molecule has 0 atom stereocenters. The molecule has 0 aliphatic carbocycles. The quantitative estimate of drug-likeness (QED) is 0.760. The van der Waals surface area contributed by atoms with Crippen LogP contribution in [0.4, 0.5) is 11.4 Å². The predicted octanol–water partition coefficient (Wildman–Crippen LogP) is 1.74. The first-order valence-corrected chi connectivity index (χ1v) is 5.77. The van der Waals surface area contributed by atoms with Gasteiger partial charge in [0.05, 0.1) is 23.0 Å². The molecule has 17 heavy (non-hydrogen) atoms. The fourth-order valence-electron chi connectivity index (χ4n) is 1.78. The van der Waals surface area contributed by atoms with Gasteiger partial charge < -0.3 is 15.7 Å². The standard InChI is InChI=1S/C13H19N3O/c1-10(2)16(6-3-7-17)13-5-4-11(9-14)8-12(13)15/h4-5,8,10,17H,3,6-7,15H2,1-2H3. The molecule has 0 unspecified atom stereocenters. The Morgan fingerprint density at radius 2 is 2.18 bits per heavy atom. The van der Waals surface area contributed by atoms with Crippen molar-refractivity contribution >= 4 is 11.4 Å². The molecule has 1 aromatic rings. The maximum atomic E-state index is 8.89. The van der Waals surface area contributed by atoms with Gasteiger partial charge in [0.25, 0.3) is 0 Å². The normalized spacial score (nSPS) is 10.3. The van der Waals surface area contributed by atoms with E-state index in [1.165, 1.54) is 0 Å². The molecule has 0 amide bonds. The molecule has 0 saturated heterocycles. The highest BCUT2D eigenvalue weighted by Crippen LogP contribution is 2.26. The fourth-order valence-corrected chi connectivity index (χ4v) is 1.78. The van der Waals surface area contributed by atoms with Crippen LogP contribution in [0.15, 0.2) is 18.2 Å². The van der Waals surface area contributed by atoms with E-state index < -0.39 is 0 Å². The van der Waals surface area contributed by atoms with Crippen LogP contribution in [0.3, 0.4) is 0 Å². The number of rotatable bonds is 5. The van der Waals surface area contributed by atoms with Gasteiger partial charge in [-0.1, -0.05) is 0 Å². The number of nitriles is 1. The van der Waals surface area contributed by atoms with E-state index in [-0.39, 0.29) is 6.61 Å². The second-order valence-corrected chi connectivity index (χ2v) is 4.25. The van der Waals surface area contributed by atoms with Gasteiger partial charge in [0.2, 0.25) is 0 Å². The van der Waals surface area contributed by atoms with Crippen molar-refractivity contribution in [3.05, 3.63) is 23.8 Å². The molecule has 4 heteroatoms. The molecular formula is C13H19N3O.